The van der Waals surface area contributed by atoms with Crippen molar-refractivity contribution in [3.8, 4) is 16.9 Å². The number of hydrogen-bond donors (Lipinski definition) is 2. The van der Waals surface area contributed by atoms with E-state index in [2.05, 4.69) is 10.3 Å². The lowest BCUT2D eigenvalue weighted by atomic mass is 10.1. The Bertz CT molecular complexity index is 756. The van der Waals surface area contributed by atoms with E-state index in [-0.39, 0.29) is 12.5 Å². The van der Waals surface area contributed by atoms with Gasteiger partial charge >= 0.3 is 0 Å². The van der Waals surface area contributed by atoms with E-state index in [1.807, 2.05) is 66.5 Å². The summed E-state index contributed by atoms with van der Waals surface area (Å²) in [5, 5.41) is 17.3. The van der Waals surface area contributed by atoms with Crippen LogP contribution in [0.3, 0.4) is 0 Å². The number of aliphatic hydroxyl groups is 1. The molecule has 2 N–H and O–H groups in total. The van der Waals surface area contributed by atoms with E-state index < -0.39 is 0 Å². The average molecular weight is 322 g/mol. The summed E-state index contributed by atoms with van der Waals surface area (Å²) in [6, 6.07) is 14.0. The van der Waals surface area contributed by atoms with Crippen molar-refractivity contribution in [3.05, 3.63) is 66.6 Å². The van der Waals surface area contributed by atoms with Gasteiger partial charge in [0.05, 0.1) is 11.4 Å². The molecule has 1 aromatic carbocycles. The van der Waals surface area contributed by atoms with Crippen LogP contribution in [0.4, 0.5) is 0 Å². The van der Waals surface area contributed by atoms with E-state index in [4.69, 9.17) is 10.2 Å². The maximum atomic E-state index is 9.15. The number of aliphatic hydroxyl groups excluding tert-OH is 1. The summed E-state index contributed by atoms with van der Waals surface area (Å²) in [6.45, 7) is 3.66. The Morgan fingerprint density at radius 3 is 2.71 bits per heavy atom. The fourth-order valence-corrected chi connectivity index (χ4v) is 2.52. The van der Waals surface area contributed by atoms with Crippen molar-refractivity contribution in [1.29, 1.82) is 0 Å². The maximum Gasteiger partial charge on any atom is 0.0988 e. The lowest BCUT2D eigenvalue weighted by Gasteiger charge is -2.09. The van der Waals surface area contributed by atoms with Gasteiger partial charge in [0.25, 0.3) is 0 Å². The van der Waals surface area contributed by atoms with Crippen LogP contribution >= 0.6 is 0 Å². The molecule has 0 aliphatic rings. The second kappa shape index (κ2) is 7.86. The zero-order chi connectivity index (χ0) is 16.8. The molecule has 0 fully saturated rings. The summed E-state index contributed by atoms with van der Waals surface area (Å²) in [7, 11) is 0. The van der Waals surface area contributed by atoms with E-state index in [1.54, 1.807) is 6.20 Å². The number of para-hydroxylation sites is 1. The van der Waals surface area contributed by atoms with Crippen LogP contribution in [0.25, 0.3) is 16.9 Å². The number of rotatable bonds is 7. The lowest BCUT2D eigenvalue weighted by Crippen LogP contribution is -2.22. The monoisotopic (exact) mass is 322 g/mol. The smallest absolute Gasteiger partial charge is 0.0988 e. The molecule has 3 aromatic rings. The van der Waals surface area contributed by atoms with Gasteiger partial charge in [0.2, 0.25) is 0 Å². The first-order valence-electron chi connectivity index (χ1n) is 8.14. The Hall–Kier alpha value is -2.50. The molecule has 2 heterocycles. The van der Waals surface area contributed by atoms with Crippen LogP contribution in [0, 0.1) is 5.92 Å². The third-order valence-corrected chi connectivity index (χ3v) is 3.87. The Morgan fingerprint density at radius 2 is 2.00 bits per heavy atom. The SMILES string of the molecule is CC(CO)CNCc1cn(-c2ccccc2)nc1-c1cccnc1. The van der Waals surface area contributed by atoms with Crippen LogP contribution in [0.1, 0.15) is 12.5 Å². The maximum absolute atomic E-state index is 9.15. The van der Waals surface area contributed by atoms with Crippen molar-refractivity contribution in [2.24, 2.45) is 5.92 Å². The average Bonchev–Trinajstić information content (AvgIpc) is 3.07. The molecule has 0 spiro atoms. The Morgan fingerprint density at radius 1 is 1.17 bits per heavy atom. The summed E-state index contributed by atoms with van der Waals surface area (Å²) in [4.78, 5) is 4.20. The van der Waals surface area contributed by atoms with Gasteiger partial charge in [-0.15, -0.1) is 0 Å². The number of aromatic nitrogens is 3. The molecule has 1 unspecified atom stereocenters. The molecule has 0 saturated heterocycles. The predicted octanol–water partition coefficient (Wildman–Crippen LogP) is 2.65. The summed E-state index contributed by atoms with van der Waals surface area (Å²) < 4.78 is 1.90. The normalized spacial score (nSPS) is 12.2. The highest BCUT2D eigenvalue weighted by Crippen LogP contribution is 2.23. The van der Waals surface area contributed by atoms with Crippen LogP contribution in [-0.2, 0) is 6.54 Å². The molecule has 2 aromatic heterocycles. The molecule has 0 aliphatic carbocycles. The molecule has 0 amide bonds. The minimum absolute atomic E-state index is 0.186. The van der Waals surface area contributed by atoms with Crippen molar-refractivity contribution in [1.82, 2.24) is 20.1 Å². The van der Waals surface area contributed by atoms with E-state index in [9.17, 15) is 0 Å². The summed E-state index contributed by atoms with van der Waals surface area (Å²) >= 11 is 0. The van der Waals surface area contributed by atoms with Gasteiger partial charge in [-0.2, -0.15) is 5.10 Å². The van der Waals surface area contributed by atoms with E-state index >= 15 is 0 Å². The molecule has 124 valence electrons. The highest BCUT2D eigenvalue weighted by Gasteiger charge is 2.12. The standard InChI is InChI=1S/C19H22N4O/c1-15(14-24)10-21-12-17-13-23(18-7-3-2-4-8-18)22-19(17)16-6-5-9-20-11-16/h2-9,11,13,15,21,24H,10,12,14H2,1H3. The zero-order valence-corrected chi connectivity index (χ0v) is 13.8. The molecule has 1 atom stereocenters. The number of benzene rings is 1. The van der Waals surface area contributed by atoms with Gasteiger partial charge < -0.3 is 10.4 Å². The molecule has 5 heteroatoms. The van der Waals surface area contributed by atoms with Gasteiger partial charge in [0.1, 0.15) is 0 Å². The highest BCUT2D eigenvalue weighted by molar-refractivity contribution is 5.62. The summed E-state index contributed by atoms with van der Waals surface area (Å²) in [5.41, 5.74) is 4.06. The topological polar surface area (TPSA) is 63.0 Å². The molecule has 5 nitrogen and oxygen atoms in total. The number of nitrogens with zero attached hydrogens (tertiary/aromatic N) is 3. The van der Waals surface area contributed by atoms with Crippen molar-refractivity contribution in [3.63, 3.8) is 0 Å². The molecular formula is C19H22N4O. The first kappa shape index (κ1) is 16.4. The lowest BCUT2D eigenvalue weighted by molar-refractivity contribution is 0.233. The molecule has 0 radical (unpaired) electrons. The largest absolute Gasteiger partial charge is 0.396 e. The molecule has 0 bridgehead atoms. The molecule has 0 saturated carbocycles. The zero-order valence-electron chi connectivity index (χ0n) is 13.8. The molecule has 0 aliphatic heterocycles. The number of nitrogens with one attached hydrogen (secondary N) is 1. The minimum atomic E-state index is 0.186. The van der Waals surface area contributed by atoms with Crippen molar-refractivity contribution >= 4 is 0 Å². The minimum Gasteiger partial charge on any atom is -0.396 e. The quantitative estimate of drug-likeness (QED) is 0.702. The van der Waals surface area contributed by atoms with E-state index in [0.29, 0.717) is 6.54 Å². The summed E-state index contributed by atoms with van der Waals surface area (Å²) in [6.07, 6.45) is 5.64. The Balaban J connectivity index is 1.89. The van der Waals surface area contributed by atoms with Crippen LogP contribution < -0.4 is 5.32 Å². The fourth-order valence-electron chi connectivity index (χ4n) is 2.52. The molecular weight excluding hydrogens is 300 g/mol. The van der Waals surface area contributed by atoms with E-state index in [1.165, 1.54) is 0 Å². The van der Waals surface area contributed by atoms with Crippen molar-refractivity contribution < 1.29 is 5.11 Å². The first-order valence-corrected chi connectivity index (χ1v) is 8.14. The summed E-state index contributed by atoms with van der Waals surface area (Å²) in [5.74, 6) is 0.232. The van der Waals surface area contributed by atoms with Gasteiger partial charge in [-0.05, 0) is 30.2 Å². The van der Waals surface area contributed by atoms with Crippen molar-refractivity contribution in [2.45, 2.75) is 13.5 Å². The number of pyridine rings is 1. The van der Waals surface area contributed by atoms with Crippen LogP contribution in [0.15, 0.2) is 61.1 Å². The van der Waals surface area contributed by atoms with E-state index in [0.717, 1.165) is 29.1 Å². The second-order valence-corrected chi connectivity index (χ2v) is 5.94. The predicted molar refractivity (Wildman–Crippen MR) is 94.8 cm³/mol. The highest BCUT2D eigenvalue weighted by atomic mass is 16.3. The second-order valence-electron chi connectivity index (χ2n) is 5.94. The van der Waals surface area contributed by atoms with Crippen molar-refractivity contribution in [2.75, 3.05) is 13.2 Å². The van der Waals surface area contributed by atoms with Gasteiger partial charge in [-0.25, -0.2) is 4.68 Å². The van der Waals surface area contributed by atoms with Gasteiger partial charge in [-0.1, -0.05) is 25.1 Å². The van der Waals surface area contributed by atoms with Crippen LogP contribution in [0.2, 0.25) is 0 Å². The van der Waals surface area contributed by atoms with Crippen LogP contribution in [-0.4, -0.2) is 33.0 Å². The van der Waals surface area contributed by atoms with Gasteiger partial charge in [0, 0.05) is 49.4 Å². The third-order valence-electron chi connectivity index (χ3n) is 3.87. The first-order chi connectivity index (χ1) is 11.8. The fraction of sp³-hybridized carbons (Fsp3) is 0.263. The van der Waals surface area contributed by atoms with Gasteiger partial charge in [-0.3, -0.25) is 4.98 Å². The van der Waals surface area contributed by atoms with Gasteiger partial charge in [0.15, 0.2) is 0 Å². The Labute approximate surface area is 142 Å². The molecule has 24 heavy (non-hydrogen) atoms. The number of hydrogen-bond acceptors (Lipinski definition) is 4. The molecule has 3 rings (SSSR count). The third kappa shape index (κ3) is 3.88. The van der Waals surface area contributed by atoms with Crippen LogP contribution in [0.5, 0.6) is 0 Å². The Kier molecular flexibility index (Phi) is 5.36.